The van der Waals surface area contributed by atoms with Crippen molar-refractivity contribution in [1.29, 1.82) is 0 Å². The van der Waals surface area contributed by atoms with E-state index < -0.39 is 36.7 Å². The molecule has 0 bridgehead atoms. The molecule has 2 aromatic carbocycles. The molecule has 0 radical (unpaired) electrons. The summed E-state index contributed by atoms with van der Waals surface area (Å²) >= 11 is 5.97. The van der Waals surface area contributed by atoms with Crippen molar-refractivity contribution >= 4 is 48.1 Å². The van der Waals surface area contributed by atoms with Crippen molar-refractivity contribution in [2.45, 2.75) is 15.7 Å². The number of fused-ring (bicyclic) bond motifs is 1. The Hall–Kier alpha value is -2.95. The number of pyridine rings is 1. The third-order valence-electron chi connectivity index (χ3n) is 4.37. The predicted octanol–water partition coefficient (Wildman–Crippen LogP) is 4.40. The number of hydrogen-bond donors (Lipinski definition) is 1. The van der Waals surface area contributed by atoms with E-state index in [1.807, 2.05) is 0 Å². The van der Waals surface area contributed by atoms with Crippen molar-refractivity contribution in [1.82, 2.24) is 4.98 Å². The van der Waals surface area contributed by atoms with Crippen molar-refractivity contribution < 1.29 is 25.6 Å². The molecule has 0 saturated heterocycles. The Kier molecular flexibility index (Phi) is 5.46. The highest BCUT2D eigenvalue weighted by Crippen LogP contribution is 2.31. The standard InChI is InChI=1S/C20H14ClFN2O5S2/c21-15-7-8-18(30(25,26)12-14-5-3-9-23-20(14)22)16(11-15)24-31(27,28)19-10-13-4-1-2-6-17(13)29-19/h1-11,24H,12H2. The molecule has 0 atom stereocenters. The Morgan fingerprint density at radius 1 is 1.00 bits per heavy atom. The number of benzene rings is 2. The van der Waals surface area contributed by atoms with Gasteiger partial charge in [0.15, 0.2) is 9.84 Å². The zero-order valence-electron chi connectivity index (χ0n) is 15.6. The monoisotopic (exact) mass is 480 g/mol. The fraction of sp³-hybridized carbons (Fsp3) is 0.0500. The van der Waals surface area contributed by atoms with Gasteiger partial charge in [-0.2, -0.15) is 12.8 Å². The molecule has 2 aromatic heterocycles. The average molecular weight is 481 g/mol. The molecule has 4 rings (SSSR count). The van der Waals surface area contributed by atoms with Gasteiger partial charge in [-0.15, -0.1) is 0 Å². The molecule has 0 spiro atoms. The fourth-order valence-corrected chi connectivity index (χ4v) is 5.73. The first-order valence-electron chi connectivity index (χ1n) is 8.79. The van der Waals surface area contributed by atoms with Crippen LogP contribution >= 0.6 is 11.6 Å². The summed E-state index contributed by atoms with van der Waals surface area (Å²) < 4.78 is 73.1. The Labute approximate surface area is 182 Å². The number of sulfonamides is 1. The SMILES string of the molecule is O=S(=O)(Cc1cccnc1F)c1ccc(Cl)cc1NS(=O)(=O)c1cc2ccccc2o1. The van der Waals surface area contributed by atoms with Crippen molar-refractivity contribution in [2.75, 3.05) is 4.72 Å². The van der Waals surface area contributed by atoms with E-state index in [0.29, 0.717) is 11.0 Å². The number of nitrogens with zero attached hydrogens (tertiary/aromatic N) is 1. The van der Waals surface area contributed by atoms with Gasteiger partial charge in [0.2, 0.25) is 11.0 Å². The number of hydrogen-bond acceptors (Lipinski definition) is 6. The van der Waals surface area contributed by atoms with Crippen LogP contribution in [0.2, 0.25) is 5.02 Å². The maximum Gasteiger partial charge on any atom is 0.295 e. The van der Waals surface area contributed by atoms with Crippen LogP contribution in [0.3, 0.4) is 0 Å². The molecule has 0 fully saturated rings. The predicted molar refractivity (Wildman–Crippen MR) is 114 cm³/mol. The minimum atomic E-state index is -4.28. The second-order valence-electron chi connectivity index (χ2n) is 6.56. The highest BCUT2D eigenvalue weighted by atomic mass is 35.5. The van der Waals surface area contributed by atoms with Gasteiger partial charge in [-0.25, -0.2) is 13.4 Å². The zero-order valence-corrected chi connectivity index (χ0v) is 18.0. The topological polar surface area (TPSA) is 106 Å². The Morgan fingerprint density at radius 3 is 2.52 bits per heavy atom. The number of nitrogens with one attached hydrogen (secondary N) is 1. The van der Waals surface area contributed by atoms with E-state index in [9.17, 15) is 21.2 Å². The lowest BCUT2D eigenvalue weighted by Crippen LogP contribution is -2.16. The van der Waals surface area contributed by atoms with Crippen LogP contribution in [0, 0.1) is 5.95 Å². The summed E-state index contributed by atoms with van der Waals surface area (Å²) in [6, 6.07) is 14.3. The number of anilines is 1. The van der Waals surface area contributed by atoms with Crippen molar-refractivity contribution in [3.8, 4) is 0 Å². The molecule has 0 saturated carbocycles. The van der Waals surface area contributed by atoms with Gasteiger partial charge in [0.25, 0.3) is 10.0 Å². The van der Waals surface area contributed by atoms with Gasteiger partial charge in [-0.05, 0) is 30.3 Å². The number of furan rings is 1. The van der Waals surface area contributed by atoms with E-state index in [1.54, 1.807) is 24.3 Å². The molecule has 31 heavy (non-hydrogen) atoms. The van der Waals surface area contributed by atoms with Crippen LogP contribution in [0.5, 0.6) is 0 Å². The molecule has 7 nitrogen and oxygen atoms in total. The molecular weight excluding hydrogens is 467 g/mol. The van der Waals surface area contributed by atoms with Crippen LogP contribution in [0.4, 0.5) is 10.1 Å². The first-order valence-corrected chi connectivity index (χ1v) is 12.3. The van der Waals surface area contributed by atoms with Gasteiger partial charge in [0, 0.05) is 28.2 Å². The normalized spacial score (nSPS) is 12.2. The van der Waals surface area contributed by atoms with E-state index in [2.05, 4.69) is 9.71 Å². The summed E-state index contributed by atoms with van der Waals surface area (Å²) in [5.74, 6) is -1.64. The molecule has 4 aromatic rings. The third-order valence-corrected chi connectivity index (χ3v) is 7.54. The molecule has 160 valence electrons. The van der Waals surface area contributed by atoms with Crippen molar-refractivity contribution in [3.05, 3.63) is 83.4 Å². The Bertz CT molecular complexity index is 1470. The van der Waals surface area contributed by atoms with Gasteiger partial charge < -0.3 is 4.42 Å². The van der Waals surface area contributed by atoms with E-state index in [0.717, 1.165) is 12.1 Å². The zero-order chi connectivity index (χ0) is 22.2. The number of halogens is 2. The highest BCUT2D eigenvalue weighted by Gasteiger charge is 2.26. The summed E-state index contributed by atoms with van der Waals surface area (Å²) in [4.78, 5) is 3.08. The largest absolute Gasteiger partial charge is 0.443 e. The third kappa shape index (κ3) is 4.41. The van der Waals surface area contributed by atoms with Gasteiger partial charge in [0.1, 0.15) is 5.58 Å². The smallest absolute Gasteiger partial charge is 0.295 e. The molecule has 0 amide bonds. The summed E-state index contributed by atoms with van der Waals surface area (Å²) in [7, 11) is -8.44. The second-order valence-corrected chi connectivity index (χ2v) is 10.6. The van der Waals surface area contributed by atoms with Crippen LogP contribution in [0.15, 0.2) is 81.3 Å². The van der Waals surface area contributed by atoms with Gasteiger partial charge in [-0.1, -0.05) is 35.9 Å². The van der Waals surface area contributed by atoms with E-state index in [4.69, 9.17) is 16.0 Å². The fourth-order valence-electron chi connectivity index (χ4n) is 2.95. The minimum absolute atomic E-state index is 0.105. The molecule has 11 heteroatoms. The summed E-state index contributed by atoms with van der Waals surface area (Å²) in [6.45, 7) is 0. The Balaban J connectivity index is 1.74. The van der Waals surface area contributed by atoms with Crippen LogP contribution in [0.25, 0.3) is 11.0 Å². The molecule has 2 heterocycles. The van der Waals surface area contributed by atoms with Gasteiger partial charge in [0.05, 0.1) is 16.3 Å². The lowest BCUT2D eigenvalue weighted by molar-refractivity contribution is 0.484. The quantitative estimate of drug-likeness (QED) is 0.410. The number of rotatable bonds is 6. The summed E-state index contributed by atoms with van der Waals surface area (Å²) in [5.41, 5.74) is -0.0744. The summed E-state index contributed by atoms with van der Waals surface area (Å²) in [6.07, 6.45) is 1.20. The number of sulfone groups is 1. The highest BCUT2D eigenvalue weighted by molar-refractivity contribution is 7.93. The van der Waals surface area contributed by atoms with Crippen LogP contribution in [-0.2, 0) is 25.6 Å². The number of aromatic nitrogens is 1. The van der Waals surface area contributed by atoms with Crippen LogP contribution in [0.1, 0.15) is 5.56 Å². The second kappa shape index (κ2) is 7.95. The molecule has 0 unspecified atom stereocenters. The summed E-state index contributed by atoms with van der Waals surface area (Å²) in [5, 5.41) is 0.276. The van der Waals surface area contributed by atoms with Gasteiger partial charge >= 0.3 is 0 Å². The molecule has 1 N–H and O–H groups in total. The minimum Gasteiger partial charge on any atom is -0.443 e. The maximum atomic E-state index is 13.9. The van der Waals surface area contributed by atoms with Gasteiger partial charge in [-0.3, -0.25) is 4.72 Å². The molecular formula is C20H14ClFN2O5S2. The maximum absolute atomic E-state index is 13.9. The first kappa shape index (κ1) is 21.3. The molecule has 0 aliphatic rings. The van der Waals surface area contributed by atoms with Crippen molar-refractivity contribution in [3.63, 3.8) is 0 Å². The Morgan fingerprint density at radius 2 is 1.77 bits per heavy atom. The van der Waals surface area contributed by atoms with E-state index in [-0.39, 0.29) is 21.2 Å². The lowest BCUT2D eigenvalue weighted by Gasteiger charge is -2.13. The van der Waals surface area contributed by atoms with E-state index >= 15 is 0 Å². The lowest BCUT2D eigenvalue weighted by atomic mass is 10.3. The van der Waals surface area contributed by atoms with Crippen molar-refractivity contribution in [2.24, 2.45) is 0 Å². The molecule has 0 aliphatic heterocycles. The van der Waals surface area contributed by atoms with E-state index in [1.165, 1.54) is 30.5 Å². The van der Waals surface area contributed by atoms with Crippen LogP contribution < -0.4 is 4.72 Å². The van der Waals surface area contributed by atoms with Crippen LogP contribution in [-0.4, -0.2) is 21.8 Å². The average Bonchev–Trinajstić information content (AvgIpc) is 3.14. The number of para-hydroxylation sites is 1. The first-order chi connectivity index (χ1) is 14.7. The molecule has 0 aliphatic carbocycles.